The van der Waals surface area contributed by atoms with E-state index in [1.807, 2.05) is 6.07 Å². The van der Waals surface area contributed by atoms with Crippen molar-refractivity contribution < 1.29 is 18.0 Å². The van der Waals surface area contributed by atoms with Gasteiger partial charge in [0.2, 0.25) is 0 Å². The molecule has 1 aromatic carbocycles. The van der Waals surface area contributed by atoms with Crippen LogP contribution < -0.4 is 5.32 Å². The van der Waals surface area contributed by atoms with Crippen molar-refractivity contribution in [2.45, 2.75) is 12.2 Å². The molecule has 1 unspecified atom stereocenters. The summed E-state index contributed by atoms with van der Waals surface area (Å²) in [5.74, 6) is -0.373. The lowest BCUT2D eigenvalue weighted by molar-refractivity contribution is -0.137. The number of benzene rings is 1. The Kier molecular flexibility index (Phi) is 5.18. The zero-order valence-corrected chi connectivity index (χ0v) is 14.9. The molecule has 2 aromatic heterocycles. The predicted molar refractivity (Wildman–Crippen MR) is 95.4 cm³/mol. The first-order valence-electron chi connectivity index (χ1n) is 8.31. The molecule has 3 aromatic rings. The number of amides is 1. The van der Waals surface area contributed by atoms with Gasteiger partial charge in [-0.25, -0.2) is 4.98 Å². The molecule has 0 aliphatic heterocycles. The second kappa shape index (κ2) is 7.40. The molecule has 5 nitrogen and oxygen atoms in total. The van der Waals surface area contributed by atoms with Gasteiger partial charge in [-0.3, -0.25) is 4.79 Å². The van der Waals surface area contributed by atoms with E-state index in [9.17, 15) is 18.0 Å². The number of nitrogens with zero attached hydrogens (tertiary/aromatic N) is 3. The van der Waals surface area contributed by atoms with Crippen LogP contribution >= 0.6 is 0 Å². The molecule has 1 atom stereocenters. The van der Waals surface area contributed by atoms with Gasteiger partial charge < -0.3 is 14.6 Å². The summed E-state index contributed by atoms with van der Waals surface area (Å²) < 4.78 is 40.7. The van der Waals surface area contributed by atoms with Crippen LogP contribution in [-0.2, 0) is 6.18 Å². The fourth-order valence-corrected chi connectivity index (χ4v) is 2.91. The van der Waals surface area contributed by atoms with Crippen molar-refractivity contribution in [3.63, 3.8) is 0 Å². The molecular weight excluding hydrogens is 357 g/mol. The summed E-state index contributed by atoms with van der Waals surface area (Å²) in [7, 11) is 3.51. The minimum Gasteiger partial charge on any atom is -0.349 e. The average Bonchev–Trinajstić information content (AvgIpc) is 3.05. The van der Waals surface area contributed by atoms with Gasteiger partial charge in [0.15, 0.2) is 5.69 Å². The van der Waals surface area contributed by atoms with Crippen molar-refractivity contribution in [2.24, 2.45) is 0 Å². The molecule has 8 heteroatoms. The molecule has 142 valence electrons. The topological polar surface area (TPSA) is 49.6 Å². The summed E-state index contributed by atoms with van der Waals surface area (Å²) in [4.78, 5) is 18.4. The molecule has 2 heterocycles. The zero-order valence-electron chi connectivity index (χ0n) is 14.9. The Morgan fingerprint density at radius 3 is 2.70 bits per heavy atom. The molecule has 0 fully saturated rings. The minimum absolute atomic E-state index is 0.152. The third-order valence-corrected chi connectivity index (χ3v) is 4.34. The molecule has 0 radical (unpaired) electrons. The van der Waals surface area contributed by atoms with Crippen LogP contribution in [0.4, 0.5) is 13.2 Å². The molecular formula is C19H19F3N4O. The number of nitrogens with one attached hydrogen (secondary N) is 1. The van der Waals surface area contributed by atoms with E-state index in [4.69, 9.17) is 0 Å². The molecule has 1 amide bonds. The maximum atomic E-state index is 13.0. The summed E-state index contributed by atoms with van der Waals surface area (Å²) >= 11 is 0. The van der Waals surface area contributed by atoms with Gasteiger partial charge >= 0.3 is 6.18 Å². The quantitative estimate of drug-likeness (QED) is 0.743. The van der Waals surface area contributed by atoms with Crippen LogP contribution in [0.1, 0.15) is 27.7 Å². The highest BCUT2D eigenvalue weighted by molar-refractivity contribution is 5.98. The van der Waals surface area contributed by atoms with Gasteiger partial charge in [0.25, 0.3) is 5.91 Å². The third-order valence-electron chi connectivity index (χ3n) is 4.34. The van der Waals surface area contributed by atoms with Crippen LogP contribution in [-0.4, -0.2) is 40.8 Å². The summed E-state index contributed by atoms with van der Waals surface area (Å²) in [5.41, 5.74) is 0.704. The zero-order chi connectivity index (χ0) is 19.6. The van der Waals surface area contributed by atoms with E-state index >= 15 is 0 Å². The number of carbonyl (C=O) groups excluding carboxylic acids is 1. The molecule has 0 spiro atoms. The molecule has 0 aliphatic rings. The van der Waals surface area contributed by atoms with Crippen molar-refractivity contribution in [1.82, 2.24) is 19.6 Å². The van der Waals surface area contributed by atoms with Gasteiger partial charge in [0.1, 0.15) is 6.33 Å². The van der Waals surface area contributed by atoms with Gasteiger partial charge in [-0.05, 0) is 43.9 Å². The number of hydrogen-bond acceptors (Lipinski definition) is 3. The Labute approximate surface area is 154 Å². The monoisotopic (exact) mass is 376 g/mol. The third kappa shape index (κ3) is 4.11. The number of alkyl halides is 3. The molecule has 0 saturated heterocycles. The summed E-state index contributed by atoms with van der Waals surface area (Å²) in [6.45, 7) is 0.152. The molecule has 27 heavy (non-hydrogen) atoms. The molecule has 3 rings (SSSR count). The lowest BCUT2D eigenvalue weighted by atomic mass is 10.0. The predicted octanol–water partition coefficient (Wildman–Crippen LogP) is 3.39. The van der Waals surface area contributed by atoms with Crippen molar-refractivity contribution in [3.8, 4) is 0 Å². The highest BCUT2D eigenvalue weighted by atomic mass is 19.4. The highest BCUT2D eigenvalue weighted by Crippen LogP contribution is 2.31. The van der Waals surface area contributed by atoms with Crippen LogP contribution in [0.25, 0.3) is 5.52 Å². The smallest absolute Gasteiger partial charge is 0.349 e. The normalized spacial score (nSPS) is 13.1. The Balaban J connectivity index is 1.78. The van der Waals surface area contributed by atoms with E-state index in [0.717, 1.165) is 12.1 Å². The number of rotatable bonds is 5. The fraction of sp³-hybridized carbons (Fsp3) is 0.263. The number of likely N-dealkylation sites (N-methyl/N-ethyl adjacent to an activating group) is 1. The Morgan fingerprint density at radius 1 is 1.22 bits per heavy atom. The van der Waals surface area contributed by atoms with Crippen molar-refractivity contribution >= 4 is 11.4 Å². The number of halogens is 3. The van der Waals surface area contributed by atoms with Gasteiger partial charge in [0, 0.05) is 12.7 Å². The van der Waals surface area contributed by atoms with Crippen molar-refractivity contribution in [2.75, 3.05) is 20.6 Å². The number of carbonyl (C=O) groups is 1. The second-order valence-corrected chi connectivity index (χ2v) is 6.40. The summed E-state index contributed by atoms with van der Waals surface area (Å²) in [6, 6.07) is 10.1. The van der Waals surface area contributed by atoms with Crippen LogP contribution in [0.5, 0.6) is 0 Å². The van der Waals surface area contributed by atoms with Crippen LogP contribution in [0.15, 0.2) is 55.0 Å². The maximum Gasteiger partial charge on any atom is 0.416 e. The van der Waals surface area contributed by atoms with Crippen LogP contribution in [0, 0.1) is 0 Å². The lowest BCUT2D eigenvalue weighted by Gasteiger charge is -2.25. The number of pyridine rings is 1. The number of aromatic nitrogens is 2. The van der Waals surface area contributed by atoms with Gasteiger partial charge in [0.05, 0.1) is 17.1 Å². The SMILES string of the molecule is CN(C)C(CNC(=O)c1ncn2ccccc12)c1cccc(C(F)(F)F)c1. The summed E-state index contributed by atoms with van der Waals surface area (Å²) in [5, 5.41) is 2.78. The first-order chi connectivity index (χ1) is 12.8. The van der Waals surface area contributed by atoms with Crippen molar-refractivity contribution in [1.29, 1.82) is 0 Å². The molecule has 0 bridgehead atoms. The molecule has 1 N–H and O–H groups in total. The van der Waals surface area contributed by atoms with E-state index in [1.165, 1.54) is 6.07 Å². The number of imidazole rings is 1. The van der Waals surface area contributed by atoms with E-state index in [-0.39, 0.29) is 18.1 Å². The molecule has 0 saturated carbocycles. The lowest BCUT2D eigenvalue weighted by Crippen LogP contribution is -2.35. The minimum atomic E-state index is -4.41. The van der Waals surface area contributed by atoms with Gasteiger partial charge in [-0.2, -0.15) is 13.2 Å². The van der Waals surface area contributed by atoms with E-state index in [0.29, 0.717) is 11.1 Å². The van der Waals surface area contributed by atoms with E-state index in [1.54, 1.807) is 54.1 Å². The van der Waals surface area contributed by atoms with Gasteiger partial charge in [-0.15, -0.1) is 0 Å². The van der Waals surface area contributed by atoms with Gasteiger partial charge in [-0.1, -0.05) is 18.2 Å². The van der Waals surface area contributed by atoms with Crippen LogP contribution in [0.2, 0.25) is 0 Å². The van der Waals surface area contributed by atoms with Crippen LogP contribution in [0.3, 0.4) is 0 Å². The van der Waals surface area contributed by atoms with E-state index in [2.05, 4.69) is 10.3 Å². The van der Waals surface area contributed by atoms with Crippen molar-refractivity contribution in [3.05, 3.63) is 71.8 Å². The number of hydrogen-bond donors (Lipinski definition) is 1. The Bertz CT molecular complexity index is 949. The first kappa shape index (κ1) is 18.9. The fourth-order valence-electron chi connectivity index (χ4n) is 2.91. The molecule has 0 aliphatic carbocycles. The summed E-state index contributed by atoms with van der Waals surface area (Å²) in [6.07, 6.45) is -1.09. The maximum absolute atomic E-state index is 13.0. The van der Waals surface area contributed by atoms with E-state index < -0.39 is 17.8 Å². The first-order valence-corrected chi connectivity index (χ1v) is 8.31. The standard InChI is InChI=1S/C19H19F3N4O/c1-25(2)16(13-6-5-7-14(10-13)19(20,21)22)11-23-18(27)17-15-8-3-4-9-26(15)12-24-17/h3-10,12,16H,11H2,1-2H3,(H,23,27). The largest absolute Gasteiger partial charge is 0.416 e. The number of fused-ring (bicyclic) bond motifs is 1. The Hall–Kier alpha value is -2.87. The second-order valence-electron chi connectivity index (χ2n) is 6.40. The Morgan fingerprint density at radius 2 is 2.00 bits per heavy atom. The highest BCUT2D eigenvalue weighted by Gasteiger charge is 2.31. The average molecular weight is 376 g/mol.